The molecule has 0 aliphatic heterocycles. The molecular formula is C21H28ClN7OSi. The van der Waals surface area contributed by atoms with Gasteiger partial charge in [-0.05, 0) is 32.0 Å². The minimum absolute atomic E-state index is 0.0910. The Morgan fingerprint density at radius 1 is 1.16 bits per heavy atom. The van der Waals surface area contributed by atoms with Crippen molar-refractivity contribution in [1.82, 2.24) is 29.3 Å². The normalized spacial score (nSPS) is 12.5. The number of nitrogens with zero attached hydrogens (tertiary/aromatic N) is 6. The number of hydrogen-bond donors (Lipinski definition) is 1. The van der Waals surface area contributed by atoms with Crippen LogP contribution in [0.25, 0.3) is 33.5 Å². The summed E-state index contributed by atoms with van der Waals surface area (Å²) in [4.78, 5) is 13.2. The summed E-state index contributed by atoms with van der Waals surface area (Å²) in [7, 11) is -1.20. The monoisotopic (exact) mass is 457 g/mol. The summed E-state index contributed by atoms with van der Waals surface area (Å²) >= 11 is 6.88. The van der Waals surface area contributed by atoms with Crippen LogP contribution in [0.5, 0.6) is 0 Å². The average molecular weight is 458 g/mol. The second-order valence-electron chi connectivity index (χ2n) is 9.16. The highest BCUT2D eigenvalue weighted by Gasteiger charge is 2.26. The Bertz CT molecular complexity index is 1240. The predicted octanol–water partition coefficient (Wildman–Crippen LogP) is 4.97. The van der Waals surface area contributed by atoms with E-state index in [9.17, 15) is 0 Å². The fourth-order valence-electron chi connectivity index (χ4n) is 3.55. The fourth-order valence-corrected chi connectivity index (χ4v) is 4.64. The first-order valence-corrected chi connectivity index (χ1v) is 14.5. The van der Waals surface area contributed by atoms with Gasteiger partial charge in [-0.25, -0.2) is 19.6 Å². The summed E-state index contributed by atoms with van der Waals surface area (Å²) in [5.41, 5.74) is 9.05. The van der Waals surface area contributed by atoms with E-state index in [2.05, 4.69) is 34.6 Å². The number of anilines is 1. The average Bonchev–Trinajstić information content (AvgIpc) is 3.22. The van der Waals surface area contributed by atoms with E-state index in [-0.39, 0.29) is 6.04 Å². The maximum atomic E-state index is 6.88. The molecule has 4 rings (SSSR count). The number of ether oxygens (including phenoxy) is 1. The molecule has 8 nitrogen and oxygen atoms in total. The van der Waals surface area contributed by atoms with Crippen molar-refractivity contribution in [3.05, 3.63) is 29.7 Å². The van der Waals surface area contributed by atoms with E-state index in [0.717, 1.165) is 17.1 Å². The van der Waals surface area contributed by atoms with Crippen LogP contribution in [0, 0.1) is 0 Å². The van der Waals surface area contributed by atoms with E-state index >= 15 is 0 Å². The van der Waals surface area contributed by atoms with Crippen LogP contribution >= 0.6 is 11.6 Å². The van der Waals surface area contributed by atoms with Crippen LogP contribution < -0.4 is 5.73 Å². The number of hydrogen-bond acceptors (Lipinski definition) is 6. The van der Waals surface area contributed by atoms with Gasteiger partial charge in [0.05, 0.1) is 16.1 Å². The van der Waals surface area contributed by atoms with Gasteiger partial charge >= 0.3 is 0 Å². The number of rotatable bonds is 7. The quantitative estimate of drug-likeness (QED) is 0.310. The van der Waals surface area contributed by atoms with Crippen LogP contribution in [-0.4, -0.2) is 44.0 Å². The molecular weight excluding hydrogens is 430 g/mol. The van der Waals surface area contributed by atoms with E-state index in [0.29, 0.717) is 46.6 Å². The summed E-state index contributed by atoms with van der Waals surface area (Å²) in [5, 5.41) is 6.95. The molecule has 0 atom stereocenters. The van der Waals surface area contributed by atoms with Crippen molar-refractivity contribution < 1.29 is 4.74 Å². The molecule has 0 saturated heterocycles. The molecule has 10 heteroatoms. The number of halogens is 1. The van der Waals surface area contributed by atoms with Crippen LogP contribution in [0.2, 0.25) is 30.7 Å². The van der Waals surface area contributed by atoms with Crippen molar-refractivity contribution >= 4 is 47.6 Å². The Morgan fingerprint density at radius 2 is 1.94 bits per heavy atom. The lowest BCUT2D eigenvalue weighted by Gasteiger charge is -2.16. The largest absolute Gasteiger partial charge is 0.383 e. The highest BCUT2D eigenvalue weighted by Crippen LogP contribution is 2.40. The predicted molar refractivity (Wildman–Crippen MR) is 128 cm³/mol. The van der Waals surface area contributed by atoms with Gasteiger partial charge in [0, 0.05) is 32.3 Å². The van der Waals surface area contributed by atoms with Crippen LogP contribution in [0.1, 0.15) is 19.9 Å². The number of aromatic nitrogens is 6. The maximum Gasteiger partial charge on any atom is 0.164 e. The van der Waals surface area contributed by atoms with Crippen molar-refractivity contribution in [2.75, 3.05) is 12.3 Å². The standard InChI is InChI=1S/C21H28ClN7OSi/c1-13(2)29-21-15(19(23)25-11-26-21)17(27-29)18-16(22)14-7-6-8-24-20(14)28(18)12-30-9-10-31(3,4)5/h6-8,11,13H,9-10,12H2,1-5H3,(H2,23,25,26). The van der Waals surface area contributed by atoms with Crippen molar-refractivity contribution in [2.45, 2.75) is 52.3 Å². The van der Waals surface area contributed by atoms with E-state index in [1.165, 1.54) is 6.33 Å². The van der Waals surface area contributed by atoms with Crippen molar-refractivity contribution in [2.24, 2.45) is 0 Å². The molecule has 0 aromatic carbocycles. The van der Waals surface area contributed by atoms with Crippen molar-refractivity contribution in [1.29, 1.82) is 0 Å². The summed E-state index contributed by atoms with van der Waals surface area (Å²) in [6.45, 7) is 12.1. The first-order valence-electron chi connectivity index (χ1n) is 10.4. The molecule has 0 fully saturated rings. The van der Waals surface area contributed by atoms with Crippen molar-refractivity contribution in [3.8, 4) is 11.4 Å². The lowest BCUT2D eigenvalue weighted by Crippen LogP contribution is -2.22. The Labute approximate surface area is 187 Å². The molecule has 0 spiro atoms. The van der Waals surface area contributed by atoms with Gasteiger partial charge < -0.3 is 10.5 Å². The first-order chi connectivity index (χ1) is 14.7. The molecule has 2 N–H and O–H groups in total. The lowest BCUT2D eigenvalue weighted by molar-refractivity contribution is 0.0909. The third-order valence-corrected chi connectivity index (χ3v) is 7.29. The second-order valence-corrected chi connectivity index (χ2v) is 15.2. The summed E-state index contributed by atoms with van der Waals surface area (Å²) in [5.74, 6) is 0.368. The fraction of sp³-hybridized carbons (Fsp3) is 0.429. The Kier molecular flexibility index (Phi) is 5.76. The maximum absolute atomic E-state index is 6.88. The van der Waals surface area contributed by atoms with Crippen molar-refractivity contribution in [3.63, 3.8) is 0 Å². The van der Waals surface area contributed by atoms with Gasteiger partial charge in [0.25, 0.3) is 0 Å². The molecule has 0 saturated carbocycles. The third-order valence-electron chi connectivity index (χ3n) is 5.21. The van der Waals surface area contributed by atoms with Crippen LogP contribution in [0.4, 0.5) is 5.82 Å². The number of nitrogens with two attached hydrogens (primary N) is 1. The lowest BCUT2D eigenvalue weighted by atomic mass is 10.2. The topological polar surface area (TPSA) is 96.7 Å². The number of pyridine rings is 1. The van der Waals surface area contributed by atoms with Gasteiger partial charge in [-0.3, -0.25) is 4.57 Å². The number of fused-ring (bicyclic) bond motifs is 2. The van der Waals surface area contributed by atoms with Gasteiger partial charge in [0.15, 0.2) is 5.65 Å². The zero-order valence-corrected chi connectivity index (χ0v) is 20.3. The molecule has 0 bridgehead atoms. The SMILES string of the molecule is CC(C)n1nc(-c2c(Cl)c3cccnc3n2COCC[Si](C)(C)C)c2c(N)ncnc21. The smallest absolute Gasteiger partial charge is 0.164 e. The summed E-state index contributed by atoms with van der Waals surface area (Å²) < 4.78 is 9.90. The van der Waals surface area contributed by atoms with Gasteiger partial charge in [0.2, 0.25) is 0 Å². The molecule has 4 aromatic heterocycles. The Hall–Kier alpha value is -2.49. The zero-order chi connectivity index (χ0) is 22.3. The Balaban J connectivity index is 1.89. The number of nitrogen functional groups attached to an aromatic ring is 1. The van der Waals surface area contributed by atoms with Gasteiger partial charge in [-0.2, -0.15) is 5.10 Å². The van der Waals surface area contributed by atoms with Gasteiger partial charge in [-0.1, -0.05) is 31.2 Å². The van der Waals surface area contributed by atoms with Crippen LogP contribution in [-0.2, 0) is 11.5 Å². The van der Waals surface area contributed by atoms with E-state index in [4.69, 9.17) is 27.2 Å². The van der Waals surface area contributed by atoms with E-state index in [1.807, 2.05) is 35.2 Å². The Morgan fingerprint density at radius 3 is 2.65 bits per heavy atom. The summed E-state index contributed by atoms with van der Waals surface area (Å²) in [6.07, 6.45) is 3.21. The molecule has 0 unspecified atom stereocenters. The summed E-state index contributed by atoms with van der Waals surface area (Å²) in [6, 6.07) is 4.99. The molecule has 0 aliphatic rings. The molecule has 164 valence electrons. The molecule has 4 aromatic rings. The van der Waals surface area contributed by atoms with E-state index < -0.39 is 8.07 Å². The zero-order valence-electron chi connectivity index (χ0n) is 18.6. The molecule has 4 heterocycles. The second kappa shape index (κ2) is 8.21. The molecule has 0 radical (unpaired) electrons. The van der Waals surface area contributed by atoms with Crippen LogP contribution in [0.3, 0.4) is 0 Å². The van der Waals surface area contributed by atoms with Crippen LogP contribution in [0.15, 0.2) is 24.7 Å². The molecule has 0 aliphatic carbocycles. The molecule has 0 amide bonds. The van der Waals surface area contributed by atoms with E-state index in [1.54, 1.807) is 6.20 Å². The van der Waals surface area contributed by atoms with Gasteiger partial charge in [0.1, 0.15) is 30.2 Å². The third kappa shape index (κ3) is 4.05. The highest BCUT2D eigenvalue weighted by atomic mass is 35.5. The van der Waals surface area contributed by atoms with Gasteiger partial charge in [-0.15, -0.1) is 0 Å². The minimum atomic E-state index is -1.20. The molecule has 31 heavy (non-hydrogen) atoms. The minimum Gasteiger partial charge on any atom is -0.383 e. The first kappa shape index (κ1) is 21.7. The highest BCUT2D eigenvalue weighted by molar-refractivity contribution is 6.76.